The Morgan fingerprint density at radius 1 is 0.903 bits per heavy atom. The van der Waals surface area contributed by atoms with Crippen LogP contribution in [0.3, 0.4) is 0 Å². The second-order valence-corrected chi connectivity index (χ2v) is 9.80. The van der Waals surface area contributed by atoms with Gasteiger partial charge in [-0.3, -0.25) is 9.52 Å². The van der Waals surface area contributed by atoms with Crippen molar-refractivity contribution in [1.29, 1.82) is 0 Å². The lowest BCUT2D eigenvalue weighted by Crippen LogP contribution is -2.35. The Bertz CT molecular complexity index is 1250. The maximum Gasteiger partial charge on any atom is 0.261 e. The zero-order valence-corrected chi connectivity index (χ0v) is 18.8. The molecule has 0 spiro atoms. The van der Waals surface area contributed by atoms with E-state index in [9.17, 15) is 13.2 Å². The van der Waals surface area contributed by atoms with E-state index in [0.717, 1.165) is 40.8 Å². The van der Waals surface area contributed by atoms with E-state index in [2.05, 4.69) is 4.72 Å². The summed E-state index contributed by atoms with van der Waals surface area (Å²) in [6, 6.07) is 18.0. The summed E-state index contributed by atoms with van der Waals surface area (Å²) in [6.07, 6.45) is 1.53. The number of nitrogens with zero attached hydrogens (tertiary/aromatic N) is 1. The minimum absolute atomic E-state index is 0.0650. The molecular weight excluding hydrogens is 408 g/mol. The van der Waals surface area contributed by atoms with Crippen LogP contribution in [0.5, 0.6) is 0 Å². The molecule has 0 saturated heterocycles. The van der Waals surface area contributed by atoms with Gasteiger partial charge in [0.25, 0.3) is 15.9 Å². The van der Waals surface area contributed by atoms with Crippen LogP contribution in [-0.4, -0.2) is 20.9 Å². The molecule has 0 bridgehead atoms. The first-order valence-corrected chi connectivity index (χ1v) is 11.8. The summed E-state index contributed by atoms with van der Waals surface area (Å²) in [5.41, 5.74) is 6.05. The predicted octanol–water partition coefficient (Wildman–Crippen LogP) is 5.01. The van der Waals surface area contributed by atoms with Crippen LogP contribution in [0, 0.1) is 20.8 Å². The lowest BCUT2D eigenvalue weighted by atomic mass is 10.0. The molecule has 1 amide bonds. The molecule has 0 atom stereocenters. The molecule has 1 heterocycles. The Balaban J connectivity index is 1.62. The SMILES string of the molecule is Cc1ccc(C(=O)N2CCCc3cc(S(=O)(=O)Nc4ccc(C)c(C)c4)ccc32)cc1. The van der Waals surface area contributed by atoms with Crippen molar-refractivity contribution in [2.45, 2.75) is 38.5 Å². The number of hydrogen-bond donors (Lipinski definition) is 1. The van der Waals surface area contributed by atoms with Crippen LogP contribution >= 0.6 is 0 Å². The van der Waals surface area contributed by atoms with Gasteiger partial charge in [0.05, 0.1) is 4.90 Å². The zero-order valence-electron chi connectivity index (χ0n) is 18.0. The first kappa shape index (κ1) is 21.1. The lowest BCUT2D eigenvalue weighted by Gasteiger charge is -2.30. The molecule has 1 aliphatic rings. The van der Waals surface area contributed by atoms with Crippen molar-refractivity contribution < 1.29 is 13.2 Å². The maximum absolute atomic E-state index is 13.1. The molecule has 1 N–H and O–H groups in total. The fourth-order valence-electron chi connectivity index (χ4n) is 3.82. The van der Waals surface area contributed by atoms with Gasteiger partial charge in [-0.25, -0.2) is 8.42 Å². The molecule has 4 rings (SSSR count). The molecule has 3 aromatic carbocycles. The lowest BCUT2D eigenvalue weighted by molar-refractivity contribution is 0.0985. The molecule has 6 heteroatoms. The number of hydrogen-bond acceptors (Lipinski definition) is 3. The zero-order chi connectivity index (χ0) is 22.2. The van der Waals surface area contributed by atoms with Gasteiger partial charge >= 0.3 is 0 Å². The second kappa shape index (κ2) is 8.19. The highest BCUT2D eigenvalue weighted by molar-refractivity contribution is 7.92. The molecule has 160 valence electrons. The fourth-order valence-corrected chi connectivity index (χ4v) is 4.92. The van der Waals surface area contributed by atoms with Crippen molar-refractivity contribution >= 4 is 27.3 Å². The van der Waals surface area contributed by atoms with Gasteiger partial charge < -0.3 is 4.90 Å². The smallest absolute Gasteiger partial charge is 0.261 e. The van der Waals surface area contributed by atoms with E-state index in [0.29, 0.717) is 17.8 Å². The van der Waals surface area contributed by atoms with Crippen LogP contribution in [0.2, 0.25) is 0 Å². The predicted molar refractivity (Wildman–Crippen MR) is 124 cm³/mol. The summed E-state index contributed by atoms with van der Waals surface area (Å²) >= 11 is 0. The van der Waals surface area contributed by atoms with Gasteiger partial charge in [0.2, 0.25) is 0 Å². The van der Waals surface area contributed by atoms with Gasteiger partial charge in [0, 0.05) is 23.5 Å². The molecule has 0 aliphatic carbocycles. The minimum Gasteiger partial charge on any atom is -0.308 e. The van der Waals surface area contributed by atoms with Crippen molar-refractivity contribution in [3.63, 3.8) is 0 Å². The van der Waals surface area contributed by atoms with Gasteiger partial charge in [-0.05, 0) is 92.8 Å². The summed E-state index contributed by atoms with van der Waals surface area (Å²) in [7, 11) is -3.72. The number of sulfonamides is 1. The van der Waals surface area contributed by atoms with Crippen LogP contribution in [0.25, 0.3) is 0 Å². The van der Waals surface area contributed by atoms with Crippen molar-refractivity contribution in [2.75, 3.05) is 16.2 Å². The normalized spacial score (nSPS) is 13.6. The number of benzene rings is 3. The number of rotatable bonds is 4. The molecule has 0 saturated carbocycles. The van der Waals surface area contributed by atoms with Crippen molar-refractivity contribution in [1.82, 2.24) is 0 Å². The summed E-state index contributed by atoms with van der Waals surface area (Å²) in [6.45, 7) is 6.54. The maximum atomic E-state index is 13.1. The Hall–Kier alpha value is -3.12. The Morgan fingerprint density at radius 3 is 2.35 bits per heavy atom. The van der Waals surface area contributed by atoms with E-state index in [-0.39, 0.29) is 10.8 Å². The number of amides is 1. The highest BCUT2D eigenvalue weighted by Gasteiger charge is 2.25. The van der Waals surface area contributed by atoms with Crippen molar-refractivity contribution in [3.05, 3.63) is 88.5 Å². The third-order valence-corrected chi connectivity index (χ3v) is 7.16. The first-order chi connectivity index (χ1) is 14.7. The monoisotopic (exact) mass is 434 g/mol. The Kier molecular flexibility index (Phi) is 5.58. The molecule has 0 fully saturated rings. The van der Waals surface area contributed by atoms with E-state index in [1.807, 2.05) is 57.2 Å². The van der Waals surface area contributed by atoms with Crippen molar-refractivity contribution in [2.24, 2.45) is 0 Å². The third kappa shape index (κ3) is 4.35. The summed E-state index contributed by atoms with van der Waals surface area (Å²) in [5.74, 6) is -0.0650. The molecule has 0 unspecified atom stereocenters. The summed E-state index contributed by atoms with van der Waals surface area (Å²) in [4.78, 5) is 15.0. The Labute approximate surface area is 183 Å². The van der Waals surface area contributed by atoms with Crippen LogP contribution in [-0.2, 0) is 16.4 Å². The highest BCUT2D eigenvalue weighted by atomic mass is 32.2. The van der Waals surface area contributed by atoms with E-state index >= 15 is 0 Å². The topological polar surface area (TPSA) is 66.5 Å². The molecule has 0 radical (unpaired) electrons. The van der Waals surface area contributed by atoms with Gasteiger partial charge in [-0.15, -0.1) is 0 Å². The average molecular weight is 435 g/mol. The molecule has 0 aromatic heterocycles. The summed E-state index contributed by atoms with van der Waals surface area (Å²) in [5, 5.41) is 0. The van der Waals surface area contributed by atoms with Crippen LogP contribution in [0.4, 0.5) is 11.4 Å². The van der Waals surface area contributed by atoms with Crippen LogP contribution in [0.1, 0.15) is 39.0 Å². The number of nitrogens with one attached hydrogen (secondary N) is 1. The van der Waals surface area contributed by atoms with Crippen LogP contribution in [0.15, 0.2) is 65.6 Å². The largest absolute Gasteiger partial charge is 0.308 e. The molecule has 31 heavy (non-hydrogen) atoms. The van der Waals surface area contributed by atoms with Gasteiger partial charge in [0.15, 0.2) is 0 Å². The van der Waals surface area contributed by atoms with E-state index in [4.69, 9.17) is 0 Å². The standard InChI is InChI=1S/C25H26N2O3S/c1-17-6-9-20(10-7-17)25(28)27-14-4-5-21-16-23(12-13-24(21)27)31(29,30)26-22-11-8-18(2)19(3)15-22/h6-13,15-16,26H,4-5,14H2,1-3H3. The number of aryl methyl sites for hydroxylation is 4. The van der Waals surface area contributed by atoms with Crippen LogP contribution < -0.4 is 9.62 Å². The first-order valence-electron chi connectivity index (χ1n) is 10.4. The van der Waals surface area contributed by atoms with Gasteiger partial charge in [-0.2, -0.15) is 0 Å². The number of carbonyl (C=O) groups is 1. The molecular formula is C25H26N2O3S. The summed E-state index contributed by atoms with van der Waals surface area (Å²) < 4.78 is 28.6. The highest BCUT2D eigenvalue weighted by Crippen LogP contribution is 2.31. The minimum atomic E-state index is -3.72. The Morgan fingerprint density at radius 2 is 1.65 bits per heavy atom. The van der Waals surface area contributed by atoms with Crippen molar-refractivity contribution in [3.8, 4) is 0 Å². The molecule has 5 nitrogen and oxygen atoms in total. The fraction of sp³-hybridized carbons (Fsp3) is 0.240. The van der Waals surface area contributed by atoms with E-state index in [1.54, 1.807) is 29.2 Å². The average Bonchev–Trinajstić information content (AvgIpc) is 2.75. The molecule has 1 aliphatic heterocycles. The van der Waals surface area contributed by atoms with E-state index in [1.165, 1.54) is 0 Å². The number of fused-ring (bicyclic) bond motifs is 1. The number of carbonyl (C=O) groups excluding carboxylic acids is 1. The number of anilines is 2. The quantitative estimate of drug-likeness (QED) is 0.628. The van der Waals surface area contributed by atoms with Gasteiger partial charge in [-0.1, -0.05) is 23.8 Å². The van der Waals surface area contributed by atoms with E-state index < -0.39 is 10.0 Å². The molecule has 3 aromatic rings. The third-order valence-electron chi connectivity index (χ3n) is 5.78. The van der Waals surface area contributed by atoms with Gasteiger partial charge in [0.1, 0.15) is 0 Å². The second-order valence-electron chi connectivity index (χ2n) is 8.12.